The van der Waals surface area contributed by atoms with E-state index in [2.05, 4.69) is 22.9 Å². The van der Waals surface area contributed by atoms with Gasteiger partial charge < -0.3 is 14.9 Å². The van der Waals surface area contributed by atoms with Crippen LogP contribution in [0.3, 0.4) is 0 Å². The Kier molecular flexibility index (Phi) is 5.55. The number of halogens is 1. The lowest BCUT2D eigenvalue weighted by Gasteiger charge is -2.60. The van der Waals surface area contributed by atoms with Crippen molar-refractivity contribution in [2.75, 3.05) is 11.9 Å². The zero-order valence-electron chi connectivity index (χ0n) is 17.7. The van der Waals surface area contributed by atoms with Gasteiger partial charge in [-0.2, -0.15) is 0 Å². The molecule has 0 unspecified atom stereocenters. The van der Waals surface area contributed by atoms with Crippen molar-refractivity contribution in [3.63, 3.8) is 0 Å². The van der Waals surface area contributed by atoms with E-state index in [9.17, 15) is 24.6 Å². The van der Waals surface area contributed by atoms with Crippen molar-refractivity contribution in [1.29, 1.82) is 0 Å². The number of hydrogen-bond acceptors (Lipinski definition) is 6. The van der Waals surface area contributed by atoms with Gasteiger partial charge in [0.25, 0.3) is 0 Å². The fraction of sp³-hybridized carbons (Fsp3) is 0.783. The van der Waals surface area contributed by atoms with Gasteiger partial charge in [0.05, 0.1) is 6.10 Å². The summed E-state index contributed by atoms with van der Waals surface area (Å²) >= 11 is 3.11. The highest BCUT2D eigenvalue weighted by atomic mass is 79.9. The third-order valence-electron chi connectivity index (χ3n) is 9.01. The van der Waals surface area contributed by atoms with Crippen LogP contribution in [0, 0.1) is 28.6 Å². The molecule has 166 valence electrons. The molecule has 0 aromatic heterocycles. The molecule has 0 aliphatic heterocycles. The molecule has 7 atom stereocenters. The summed E-state index contributed by atoms with van der Waals surface area (Å²) in [6.07, 6.45) is 5.51. The van der Waals surface area contributed by atoms with E-state index in [1.165, 1.54) is 0 Å². The van der Waals surface area contributed by atoms with E-state index in [1.807, 2.05) is 6.92 Å². The van der Waals surface area contributed by atoms with Crippen LogP contribution in [0.2, 0.25) is 0 Å². The van der Waals surface area contributed by atoms with Crippen LogP contribution < -0.4 is 0 Å². The molecule has 3 saturated carbocycles. The highest BCUT2D eigenvalue weighted by molar-refractivity contribution is 9.09. The molecular weight excluding hydrogens is 452 g/mol. The number of ether oxygens (including phenoxy) is 1. The Morgan fingerprint density at radius 3 is 2.63 bits per heavy atom. The van der Waals surface area contributed by atoms with Crippen LogP contribution in [0.5, 0.6) is 0 Å². The molecule has 4 rings (SSSR count). The van der Waals surface area contributed by atoms with Gasteiger partial charge in [-0.25, -0.2) is 0 Å². The Hall–Kier alpha value is -1.05. The Bertz CT molecular complexity index is 808. The lowest BCUT2D eigenvalue weighted by atomic mass is 9.45. The molecule has 4 aliphatic rings. The normalized spacial score (nSPS) is 45.1. The van der Waals surface area contributed by atoms with E-state index in [4.69, 9.17) is 4.74 Å². The zero-order valence-corrected chi connectivity index (χ0v) is 19.2. The summed E-state index contributed by atoms with van der Waals surface area (Å²) in [5.41, 5.74) is -1.18. The minimum atomic E-state index is -1.40. The third kappa shape index (κ3) is 2.91. The van der Waals surface area contributed by atoms with Crippen molar-refractivity contribution in [2.24, 2.45) is 28.6 Å². The first-order valence-corrected chi connectivity index (χ1v) is 12.1. The van der Waals surface area contributed by atoms with Crippen molar-refractivity contribution >= 4 is 33.5 Å². The molecule has 4 aliphatic carbocycles. The maximum atomic E-state index is 13.0. The first-order valence-electron chi connectivity index (χ1n) is 11.0. The SMILES string of the molecule is C[C@]12CCC(=O)C=C1CC[C@@H]1[C@@H]2[C@@H](O)C[C@@]2(C)[C@H]1CC[C@]2(OC(=O)CBr)C(=O)CO. The second kappa shape index (κ2) is 7.52. The number of esters is 1. The van der Waals surface area contributed by atoms with Crippen LogP contribution in [0.4, 0.5) is 0 Å². The van der Waals surface area contributed by atoms with E-state index >= 15 is 0 Å². The second-order valence-corrected chi connectivity index (χ2v) is 10.7. The molecule has 7 heteroatoms. The van der Waals surface area contributed by atoms with E-state index in [0.717, 1.165) is 31.3 Å². The molecule has 0 amide bonds. The molecule has 3 fully saturated rings. The summed E-state index contributed by atoms with van der Waals surface area (Å²) in [6, 6.07) is 0. The molecule has 0 saturated heterocycles. The van der Waals surface area contributed by atoms with Gasteiger partial charge in [-0.3, -0.25) is 14.4 Å². The smallest absolute Gasteiger partial charge is 0.317 e. The molecule has 0 aromatic rings. The minimum Gasteiger partial charge on any atom is -0.450 e. The molecule has 30 heavy (non-hydrogen) atoms. The summed E-state index contributed by atoms with van der Waals surface area (Å²) in [6.45, 7) is 3.45. The molecule has 0 spiro atoms. The third-order valence-corrected chi connectivity index (χ3v) is 9.47. The number of carbonyl (C=O) groups is 3. The van der Waals surface area contributed by atoms with Gasteiger partial charge in [0, 0.05) is 11.8 Å². The highest BCUT2D eigenvalue weighted by Gasteiger charge is 2.70. The molecular formula is C23H31BrO6. The zero-order chi connectivity index (χ0) is 21.9. The van der Waals surface area contributed by atoms with Crippen LogP contribution in [0.1, 0.15) is 58.8 Å². The maximum Gasteiger partial charge on any atom is 0.317 e. The minimum absolute atomic E-state index is 0.0237. The summed E-state index contributed by atoms with van der Waals surface area (Å²) in [7, 11) is 0. The molecule has 0 heterocycles. The number of allylic oxidation sites excluding steroid dienone is 1. The number of hydrogen-bond donors (Lipinski definition) is 2. The number of ketones is 2. The van der Waals surface area contributed by atoms with E-state index in [-0.39, 0.29) is 34.3 Å². The largest absolute Gasteiger partial charge is 0.450 e. The van der Waals surface area contributed by atoms with Crippen molar-refractivity contribution < 1.29 is 29.3 Å². The van der Waals surface area contributed by atoms with Gasteiger partial charge in [-0.15, -0.1) is 0 Å². The lowest BCUT2D eigenvalue weighted by molar-refractivity contribution is -0.200. The number of aliphatic hydroxyl groups excluding tert-OH is 2. The standard InChI is InChI=1S/C23H31BrO6/c1-21-7-5-14(26)9-13(21)3-4-15-16-6-8-23(18(28)12-25,30-19(29)11-24)22(16,2)10-17(27)20(15)21/h9,15-17,20,25,27H,3-8,10-12H2,1-2H3/t15-,16-,17-,20+,21-,22-,23-/m0/s1. The lowest BCUT2D eigenvalue weighted by Crippen LogP contribution is -2.63. The molecule has 6 nitrogen and oxygen atoms in total. The number of fused-ring (bicyclic) bond motifs is 5. The monoisotopic (exact) mass is 482 g/mol. The summed E-state index contributed by atoms with van der Waals surface area (Å²) < 4.78 is 5.78. The molecule has 0 aromatic carbocycles. The molecule has 0 radical (unpaired) electrons. The van der Waals surface area contributed by atoms with Crippen LogP contribution in [-0.2, 0) is 19.1 Å². The van der Waals surface area contributed by atoms with Crippen molar-refractivity contribution in [3.8, 4) is 0 Å². The van der Waals surface area contributed by atoms with Crippen LogP contribution in [0.25, 0.3) is 0 Å². The highest BCUT2D eigenvalue weighted by Crippen LogP contribution is 2.68. The molecule has 0 bridgehead atoms. The van der Waals surface area contributed by atoms with Gasteiger partial charge >= 0.3 is 5.97 Å². The van der Waals surface area contributed by atoms with Crippen LogP contribution >= 0.6 is 15.9 Å². The summed E-state index contributed by atoms with van der Waals surface area (Å²) in [5.74, 6) is -0.507. The predicted octanol–water partition coefficient (Wildman–Crippen LogP) is 2.73. The van der Waals surface area contributed by atoms with Gasteiger partial charge in [-0.05, 0) is 67.8 Å². The van der Waals surface area contributed by atoms with Crippen molar-refractivity contribution in [2.45, 2.75) is 70.5 Å². The number of Topliss-reactive ketones (excluding diaryl/α,β-unsaturated/α-hetero) is 1. The Morgan fingerprint density at radius 2 is 1.97 bits per heavy atom. The number of rotatable bonds is 4. The topological polar surface area (TPSA) is 101 Å². The first-order chi connectivity index (χ1) is 14.1. The van der Waals surface area contributed by atoms with Gasteiger partial charge in [-0.1, -0.05) is 35.4 Å². The summed E-state index contributed by atoms with van der Waals surface area (Å²) in [5, 5.41) is 21.1. The number of carbonyl (C=O) groups excluding carboxylic acids is 3. The van der Waals surface area contributed by atoms with Crippen LogP contribution in [-0.4, -0.2) is 51.4 Å². The van der Waals surface area contributed by atoms with E-state index in [1.54, 1.807) is 6.08 Å². The maximum absolute atomic E-state index is 13.0. The summed E-state index contributed by atoms with van der Waals surface area (Å²) in [4.78, 5) is 37.2. The Labute approximate surface area is 185 Å². The quantitative estimate of drug-likeness (QED) is 0.471. The van der Waals surface area contributed by atoms with Gasteiger partial charge in [0.15, 0.2) is 11.4 Å². The molecule has 2 N–H and O–H groups in total. The second-order valence-electron chi connectivity index (χ2n) is 10.1. The van der Waals surface area contributed by atoms with E-state index < -0.39 is 35.5 Å². The predicted molar refractivity (Wildman–Crippen MR) is 113 cm³/mol. The Balaban J connectivity index is 1.75. The fourth-order valence-corrected chi connectivity index (χ4v) is 7.82. The average Bonchev–Trinajstić information content (AvgIpc) is 3.00. The van der Waals surface area contributed by atoms with Gasteiger partial charge in [0.1, 0.15) is 11.9 Å². The van der Waals surface area contributed by atoms with E-state index in [0.29, 0.717) is 19.3 Å². The number of aliphatic hydroxyl groups is 2. The fourth-order valence-electron chi connectivity index (χ4n) is 7.71. The van der Waals surface area contributed by atoms with Crippen molar-refractivity contribution in [3.05, 3.63) is 11.6 Å². The first kappa shape index (κ1) is 22.2. The van der Waals surface area contributed by atoms with Crippen LogP contribution in [0.15, 0.2) is 11.6 Å². The van der Waals surface area contributed by atoms with Gasteiger partial charge in [0.2, 0.25) is 5.78 Å². The average molecular weight is 483 g/mol. The number of alkyl halides is 1. The van der Waals surface area contributed by atoms with Crippen molar-refractivity contribution in [1.82, 2.24) is 0 Å². The Morgan fingerprint density at radius 1 is 1.23 bits per heavy atom.